The predicted octanol–water partition coefficient (Wildman–Crippen LogP) is 4.27. The first-order valence-electron chi connectivity index (χ1n) is 5.84. The molecule has 0 amide bonds. The van der Waals surface area contributed by atoms with Crippen molar-refractivity contribution in [3.05, 3.63) is 33.8 Å². The van der Waals surface area contributed by atoms with Gasteiger partial charge >= 0.3 is 0 Å². The molecule has 1 fully saturated rings. The lowest BCUT2D eigenvalue weighted by Crippen LogP contribution is -2.36. The normalized spacial score (nSPS) is 18.2. The van der Waals surface area contributed by atoms with Crippen LogP contribution >= 0.6 is 23.2 Å². The zero-order valence-corrected chi connectivity index (χ0v) is 11.0. The third-order valence-corrected chi connectivity index (χ3v) is 4.07. The van der Waals surface area contributed by atoms with Crippen molar-refractivity contribution in [1.82, 2.24) is 5.32 Å². The molecule has 1 atom stereocenters. The first-order valence-corrected chi connectivity index (χ1v) is 6.59. The maximum Gasteiger partial charge on any atom is 0.0465 e. The molecule has 1 aliphatic rings. The van der Waals surface area contributed by atoms with Crippen LogP contribution in [0.2, 0.25) is 10.0 Å². The summed E-state index contributed by atoms with van der Waals surface area (Å²) in [6.07, 6.45) is 4.11. The second-order valence-electron chi connectivity index (χ2n) is 4.60. The highest BCUT2D eigenvalue weighted by molar-refractivity contribution is 6.35. The van der Waals surface area contributed by atoms with E-state index in [-0.39, 0.29) is 0 Å². The molecule has 16 heavy (non-hydrogen) atoms. The van der Waals surface area contributed by atoms with Crippen LogP contribution < -0.4 is 5.32 Å². The smallest absolute Gasteiger partial charge is 0.0465 e. The lowest BCUT2D eigenvalue weighted by Gasteiger charge is -2.32. The summed E-state index contributed by atoms with van der Waals surface area (Å²) >= 11 is 12.0. The topological polar surface area (TPSA) is 12.0 Å². The molecule has 1 aromatic carbocycles. The summed E-state index contributed by atoms with van der Waals surface area (Å²) in [6.45, 7) is 3.08. The van der Waals surface area contributed by atoms with Crippen molar-refractivity contribution in [2.45, 2.75) is 38.8 Å². The first-order chi connectivity index (χ1) is 7.66. The van der Waals surface area contributed by atoms with E-state index in [2.05, 4.69) is 12.2 Å². The number of rotatable bonds is 4. The largest absolute Gasteiger partial charge is 0.310 e. The van der Waals surface area contributed by atoms with Gasteiger partial charge in [0.1, 0.15) is 0 Å². The predicted molar refractivity (Wildman–Crippen MR) is 70.1 cm³/mol. The van der Waals surface area contributed by atoms with E-state index in [0.717, 1.165) is 23.0 Å². The second-order valence-corrected chi connectivity index (χ2v) is 5.44. The molecule has 1 saturated carbocycles. The number of nitrogens with one attached hydrogen (secondary N) is 1. The Morgan fingerprint density at radius 2 is 2.12 bits per heavy atom. The number of hydrogen-bond donors (Lipinski definition) is 1. The highest BCUT2D eigenvalue weighted by Crippen LogP contribution is 2.29. The van der Waals surface area contributed by atoms with E-state index in [1.165, 1.54) is 19.3 Å². The van der Waals surface area contributed by atoms with Gasteiger partial charge < -0.3 is 5.32 Å². The molecule has 0 spiro atoms. The summed E-state index contributed by atoms with van der Waals surface area (Å²) in [5.74, 6) is 0.853. The Bertz CT molecular complexity index is 361. The van der Waals surface area contributed by atoms with E-state index in [9.17, 15) is 0 Å². The van der Waals surface area contributed by atoms with Crippen molar-refractivity contribution in [1.29, 1.82) is 0 Å². The van der Waals surface area contributed by atoms with Crippen molar-refractivity contribution in [2.75, 3.05) is 0 Å². The van der Waals surface area contributed by atoms with Crippen LogP contribution in [0.25, 0.3) is 0 Å². The molecule has 1 nitrogen and oxygen atoms in total. The van der Waals surface area contributed by atoms with Gasteiger partial charge in [0.25, 0.3) is 0 Å². The van der Waals surface area contributed by atoms with Crippen LogP contribution in [0.15, 0.2) is 18.2 Å². The van der Waals surface area contributed by atoms with Gasteiger partial charge in [0, 0.05) is 22.6 Å². The first kappa shape index (κ1) is 12.2. The van der Waals surface area contributed by atoms with E-state index in [4.69, 9.17) is 23.2 Å². The molecular formula is C13H17Cl2N. The summed E-state index contributed by atoms with van der Waals surface area (Å²) in [5.41, 5.74) is 1.12. The average Bonchev–Trinajstić information content (AvgIpc) is 2.13. The van der Waals surface area contributed by atoms with E-state index >= 15 is 0 Å². The summed E-state index contributed by atoms with van der Waals surface area (Å²) in [4.78, 5) is 0. The average molecular weight is 258 g/mol. The Morgan fingerprint density at radius 3 is 2.69 bits per heavy atom. The summed E-state index contributed by atoms with van der Waals surface area (Å²) in [5, 5.41) is 4.98. The zero-order chi connectivity index (χ0) is 11.5. The molecule has 1 aliphatic carbocycles. The Morgan fingerprint density at radius 1 is 1.38 bits per heavy atom. The summed E-state index contributed by atoms with van der Waals surface area (Å²) in [7, 11) is 0. The van der Waals surface area contributed by atoms with Gasteiger partial charge in [-0.2, -0.15) is 0 Å². The lowest BCUT2D eigenvalue weighted by molar-refractivity contribution is 0.240. The van der Waals surface area contributed by atoms with E-state index < -0.39 is 0 Å². The Balaban J connectivity index is 1.88. The molecule has 0 aromatic heterocycles. The van der Waals surface area contributed by atoms with Crippen LogP contribution in [0.3, 0.4) is 0 Å². The highest BCUT2D eigenvalue weighted by Gasteiger charge is 2.23. The van der Waals surface area contributed by atoms with Crippen LogP contribution in [0.4, 0.5) is 0 Å². The number of halogens is 2. The molecule has 3 heteroatoms. The monoisotopic (exact) mass is 257 g/mol. The van der Waals surface area contributed by atoms with Gasteiger partial charge in [-0.25, -0.2) is 0 Å². The van der Waals surface area contributed by atoms with Crippen LogP contribution in [-0.2, 0) is 6.54 Å². The van der Waals surface area contributed by atoms with Crippen LogP contribution in [0, 0.1) is 5.92 Å². The van der Waals surface area contributed by atoms with Crippen molar-refractivity contribution in [3.63, 3.8) is 0 Å². The Kier molecular flexibility index (Phi) is 4.12. The third-order valence-electron chi connectivity index (χ3n) is 3.49. The minimum atomic E-state index is 0.584. The van der Waals surface area contributed by atoms with E-state index in [1.807, 2.05) is 12.1 Å². The fourth-order valence-electron chi connectivity index (χ4n) is 2.04. The van der Waals surface area contributed by atoms with Crippen molar-refractivity contribution >= 4 is 23.2 Å². The van der Waals surface area contributed by atoms with Gasteiger partial charge in [0.2, 0.25) is 0 Å². The Labute approximate surface area is 107 Å². The fourth-order valence-corrected chi connectivity index (χ4v) is 2.52. The molecular weight excluding hydrogens is 241 g/mol. The minimum absolute atomic E-state index is 0.584. The van der Waals surface area contributed by atoms with Crippen LogP contribution in [0.5, 0.6) is 0 Å². The Hall–Kier alpha value is -0.240. The van der Waals surface area contributed by atoms with Crippen molar-refractivity contribution in [3.8, 4) is 0 Å². The van der Waals surface area contributed by atoms with E-state index in [0.29, 0.717) is 11.1 Å². The third kappa shape index (κ3) is 2.91. The fraction of sp³-hybridized carbons (Fsp3) is 0.538. The molecule has 0 saturated heterocycles. The molecule has 1 N–H and O–H groups in total. The molecule has 2 rings (SSSR count). The maximum absolute atomic E-state index is 6.12. The molecule has 1 unspecified atom stereocenters. The molecule has 0 bridgehead atoms. The van der Waals surface area contributed by atoms with E-state index in [1.54, 1.807) is 6.07 Å². The van der Waals surface area contributed by atoms with Gasteiger partial charge in [-0.3, -0.25) is 0 Å². The molecule has 1 aromatic rings. The second kappa shape index (κ2) is 5.39. The van der Waals surface area contributed by atoms with Crippen LogP contribution in [-0.4, -0.2) is 6.04 Å². The number of benzene rings is 1. The van der Waals surface area contributed by atoms with Gasteiger partial charge in [-0.1, -0.05) is 35.7 Å². The SMILES string of the molecule is CC(NCc1ccc(Cl)cc1Cl)C1CCC1. The van der Waals surface area contributed by atoms with Crippen LogP contribution in [0.1, 0.15) is 31.7 Å². The molecule has 0 heterocycles. The quantitative estimate of drug-likeness (QED) is 0.850. The van der Waals surface area contributed by atoms with Crippen molar-refractivity contribution in [2.24, 2.45) is 5.92 Å². The summed E-state index contributed by atoms with van der Waals surface area (Å²) < 4.78 is 0. The number of hydrogen-bond acceptors (Lipinski definition) is 1. The van der Waals surface area contributed by atoms with Gasteiger partial charge in [0.15, 0.2) is 0 Å². The highest BCUT2D eigenvalue weighted by atomic mass is 35.5. The molecule has 0 aliphatic heterocycles. The maximum atomic E-state index is 6.12. The standard InChI is InChI=1S/C13H17Cl2N/c1-9(10-3-2-4-10)16-8-11-5-6-12(14)7-13(11)15/h5-7,9-10,16H,2-4,8H2,1H3. The van der Waals surface area contributed by atoms with Gasteiger partial charge in [-0.15, -0.1) is 0 Å². The molecule has 88 valence electrons. The lowest BCUT2D eigenvalue weighted by atomic mass is 9.80. The van der Waals surface area contributed by atoms with Crippen molar-refractivity contribution < 1.29 is 0 Å². The minimum Gasteiger partial charge on any atom is -0.310 e. The molecule has 0 radical (unpaired) electrons. The zero-order valence-electron chi connectivity index (χ0n) is 9.47. The van der Waals surface area contributed by atoms with Gasteiger partial charge in [0.05, 0.1) is 0 Å². The van der Waals surface area contributed by atoms with Gasteiger partial charge in [-0.05, 0) is 43.4 Å². The summed E-state index contributed by atoms with van der Waals surface area (Å²) in [6, 6.07) is 6.26.